The summed E-state index contributed by atoms with van der Waals surface area (Å²) in [6.45, 7) is 4.82. The molecule has 0 saturated carbocycles. The number of hydrogen-bond acceptors (Lipinski definition) is 3. The average molecular weight is 309 g/mol. The van der Waals surface area contributed by atoms with Crippen LogP contribution in [0.5, 0.6) is 0 Å². The molecule has 2 rings (SSSR count). The van der Waals surface area contributed by atoms with Crippen molar-refractivity contribution in [3.63, 3.8) is 0 Å². The third-order valence-corrected chi connectivity index (χ3v) is 3.47. The molecule has 0 aliphatic heterocycles. The molecule has 0 bridgehead atoms. The van der Waals surface area contributed by atoms with Crippen LogP contribution in [0, 0.1) is 13.8 Å². The minimum Gasteiger partial charge on any atom is -0.330 e. The van der Waals surface area contributed by atoms with E-state index in [0.717, 1.165) is 34.5 Å². The summed E-state index contributed by atoms with van der Waals surface area (Å²) >= 11 is 3.38. The second-order valence-electron chi connectivity index (χ2n) is 4.29. The van der Waals surface area contributed by atoms with Crippen molar-refractivity contribution in [1.82, 2.24) is 14.8 Å². The molecule has 5 heteroatoms. The summed E-state index contributed by atoms with van der Waals surface area (Å²) in [7, 11) is 0. The molecule has 0 amide bonds. The molecule has 2 aromatic heterocycles. The van der Waals surface area contributed by atoms with Crippen molar-refractivity contribution >= 4 is 15.9 Å². The first kappa shape index (κ1) is 13.2. The van der Waals surface area contributed by atoms with Gasteiger partial charge in [0.1, 0.15) is 0 Å². The number of rotatable bonds is 4. The monoisotopic (exact) mass is 308 g/mol. The van der Waals surface area contributed by atoms with E-state index in [1.807, 2.05) is 23.7 Å². The molecule has 96 valence electrons. The van der Waals surface area contributed by atoms with Crippen molar-refractivity contribution in [3.8, 4) is 5.82 Å². The van der Waals surface area contributed by atoms with Crippen LogP contribution in [-0.4, -0.2) is 21.3 Å². The summed E-state index contributed by atoms with van der Waals surface area (Å²) < 4.78 is 2.87. The number of pyridine rings is 1. The quantitative estimate of drug-likeness (QED) is 0.944. The standard InChI is InChI=1S/C13H17BrN4/c1-9-12(4-3-7-15)10(2)18(17-9)13-6-5-11(14)8-16-13/h5-6,8H,3-4,7,15H2,1-2H3. The van der Waals surface area contributed by atoms with Gasteiger partial charge in [-0.2, -0.15) is 5.10 Å². The zero-order chi connectivity index (χ0) is 13.1. The van der Waals surface area contributed by atoms with E-state index in [4.69, 9.17) is 5.73 Å². The Balaban J connectivity index is 2.37. The van der Waals surface area contributed by atoms with Crippen molar-refractivity contribution < 1.29 is 0 Å². The zero-order valence-electron chi connectivity index (χ0n) is 10.7. The highest BCUT2D eigenvalue weighted by Gasteiger charge is 2.12. The molecule has 0 atom stereocenters. The lowest BCUT2D eigenvalue weighted by Gasteiger charge is -2.04. The molecule has 2 heterocycles. The topological polar surface area (TPSA) is 56.7 Å². The van der Waals surface area contributed by atoms with E-state index in [1.165, 1.54) is 5.56 Å². The van der Waals surface area contributed by atoms with E-state index in [9.17, 15) is 0 Å². The van der Waals surface area contributed by atoms with Gasteiger partial charge in [0.15, 0.2) is 5.82 Å². The first-order valence-electron chi connectivity index (χ1n) is 6.00. The third kappa shape index (κ3) is 2.62. The van der Waals surface area contributed by atoms with Gasteiger partial charge in [0, 0.05) is 16.4 Å². The Morgan fingerprint density at radius 1 is 1.33 bits per heavy atom. The number of nitrogens with zero attached hydrogens (tertiary/aromatic N) is 3. The van der Waals surface area contributed by atoms with E-state index in [-0.39, 0.29) is 0 Å². The normalized spacial score (nSPS) is 10.9. The molecule has 0 aromatic carbocycles. The highest BCUT2D eigenvalue weighted by Crippen LogP contribution is 2.19. The van der Waals surface area contributed by atoms with Crippen LogP contribution in [0.2, 0.25) is 0 Å². The molecule has 0 saturated heterocycles. The second kappa shape index (κ2) is 5.63. The molecule has 0 aliphatic rings. The van der Waals surface area contributed by atoms with Crippen LogP contribution in [0.1, 0.15) is 23.4 Å². The van der Waals surface area contributed by atoms with Crippen molar-refractivity contribution in [2.75, 3.05) is 6.54 Å². The molecular weight excluding hydrogens is 292 g/mol. The predicted octanol–water partition coefficient (Wildman–Crippen LogP) is 2.54. The SMILES string of the molecule is Cc1nn(-c2ccc(Br)cn2)c(C)c1CCCN. The molecule has 0 radical (unpaired) electrons. The second-order valence-corrected chi connectivity index (χ2v) is 5.20. The Labute approximate surface area is 115 Å². The van der Waals surface area contributed by atoms with Gasteiger partial charge in [0.05, 0.1) is 5.69 Å². The molecule has 2 N–H and O–H groups in total. The molecule has 0 fully saturated rings. The van der Waals surface area contributed by atoms with Crippen LogP contribution in [-0.2, 0) is 6.42 Å². The Kier molecular flexibility index (Phi) is 4.14. The van der Waals surface area contributed by atoms with Crippen molar-refractivity contribution in [1.29, 1.82) is 0 Å². The van der Waals surface area contributed by atoms with Gasteiger partial charge in [-0.1, -0.05) is 0 Å². The van der Waals surface area contributed by atoms with Gasteiger partial charge < -0.3 is 5.73 Å². The van der Waals surface area contributed by atoms with Crippen LogP contribution < -0.4 is 5.73 Å². The summed E-state index contributed by atoms with van der Waals surface area (Å²) in [6.07, 6.45) is 3.75. The first-order valence-corrected chi connectivity index (χ1v) is 6.80. The molecule has 18 heavy (non-hydrogen) atoms. The molecule has 0 aliphatic carbocycles. The maximum absolute atomic E-state index is 5.57. The van der Waals surface area contributed by atoms with E-state index in [1.54, 1.807) is 6.20 Å². The number of hydrogen-bond donors (Lipinski definition) is 1. The summed E-state index contributed by atoms with van der Waals surface area (Å²) in [5.74, 6) is 0.845. The number of aryl methyl sites for hydroxylation is 1. The number of halogens is 1. The van der Waals surface area contributed by atoms with E-state index in [0.29, 0.717) is 6.54 Å². The minimum absolute atomic E-state index is 0.709. The fraction of sp³-hybridized carbons (Fsp3) is 0.385. The Bertz CT molecular complexity index is 531. The smallest absolute Gasteiger partial charge is 0.153 e. The molecule has 4 nitrogen and oxygen atoms in total. The highest BCUT2D eigenvalue weighted by molar-refractivity contribution is 9.10. The van der Waals surface area contributed by atoms with Crippen molar-refractivity contribution in [2.45, 2.75) is 26.7 Å². The molecule has 0 spiro atoms. The lowest BCUT2D eigenvalue weighted by atomic mass is 10.1. The molecular formula is C13H17BrN4. The van der Waals surface area contributed by atoms with Crippen molar-refractivity contribution in [2.24, 2.45) is 5.73 Å². The lowest BCUT2D eigenvalue weighted by molar-refractivity contribution is 0.798. The van der Waals surface area contributed by atoms with Crippen LogP contribution in [0.4, 0.5) is 0 Å². The van der Waals surface area contributed by atoms with Gasteiger partial charge in [0.2, 0.25) is 0 Å². The van der Waals surface area contributed by atoms with Crippen LogP contribution in [0.3, 0.4) is 0 Å². The third-order valence-electron chi connectivity index (χ3n) is 3.00. The predicted molar refractivity (Wildman–Crippen MR) is 75.9 cm³/mol. The summed E-state index contributed by atoms with van der Waals surface area (Å²) in [5.41, 5.74) is 9.06. The van der Waals surface area contributed by atoms with Crippen LogP contribution in [0.15, 0.2) is 22.8 Å². The van der Waals surface area contributed by atoms with Gasteiger partial charge in [0.25, 0.3) is 0 Å². The fourth-order valence-corrected chi connectivity index (χ4v) is 2.27. The Morgan fingerprint density at radius 2 is 2.11 bits per heavy atom. The van der Waals surface area contributed by atoms with E-state index in [2.05, 4.69) is 32.9 Å². The Morgan fingerprint density at radius 3 is 2.72 bits per heavy atom. The van der Waals surface area contributed by atoms with E-state index < -0.39 is 0 Å². The van der Waals surface area contributed by atoms with Crippen molar-refractivity contribution in [3.05, 3.63) is 39.8 Å². The Hall–Kier alpha value is -1.20. The largest absolute Gasteiger partial charge is 0.330 e. The lowest BCUT2D eigenvalue weighted by Crippen LogP contribution is -2.03. The van der Waals surface area contributed by atoms with Crippen LogP contribution in [0.25, 0.3) is 5.82 Å². The van der Waals surface area contributed by atoms with Gasteiger partial charge >= 0.3 is 0 Å². The molecule has 0 unspecified atom stereocenters. The maximum Gasteiger partial charge on any atom is 0.153 e. The van der Waals surface area contributed by atoms with Gasteiger partial charge in [-0.05, 0) is 66.9 Å². The van der Waals surface area contributed by atoms with Gasteiger partial charge in [-0.25, -0.2) is 9.67 Å². The number of aromatic nitrogens is 3. The summed E-state index contributed by atoms with van der Waals surface area (Å²) in [4.78, 5) is 4.37. The first-order chi connectivity index (χ1) is 8.63. The maximum atomic E-state index is 5.57. The van der Waals surface area contributed by atoms with E-state index >= 15 is 0 Å². The minimum atomic E-state index is 0.709. The fourth-order valence-electron chi connectivity index (χ4n) is 2.03. The number of nitrogens with two attached hydrogens (primary N) is 1. The summed E-state index contributed by atoms with van der Waals surface area (Å²) in [6, 6.07) is 3.93. The van der Waals surface area contributed by atoms with Gasteiger partial charge in [-0.3, -0.25) is 0 Å². The highest BCUT2D eigenvalue weighted by atomic mass is 79.9. The van der Waals surface area contributed by atoms with Gasteiger partial charge in [-0.15, -0.1) is 0 Å². The molecule has 2 aromatic rings. The average Bonchev–Trinajstić information content (AvgIpc) is 2.64. The summed E-state index contributed by atoms with van der Waals surface area (Å²) in [5, 5.41) is 4.56. The zero-order valence-corrected chi connectivity index (χ0v) is 12.2. The van der Waals surface area contributed by atoms with Crippen LogP contribution >= 0.6 is 15.9 Å².